The van der Waals surface area contributed by atoms with E-state index in [1.165, 1.54) is 0 Å². The number of nitrogens with zero attached hydrogens (tertiary/aromatic N) is 4. The van der Waals surface area contributed by atoms with Crippen LogP contribution in [0.1, 0.15) is 43.4 Å². The average molecular weight is 468 g/mol. The first-order valence-corrected chi connectivity index (χ1v) is 11.1. The topological polar surface area (TPSA) is 119 Å². The van der Waals surface area contributed by atoms with Crippen LogP contribution in [0.4, 0.5) is 11.4 Å². The number of nitrogen functional groups attached to an aromatic ring is 1. The second kappa shape index (κ2) is 10.4. The van der Waals surface area contributed by atoms with Gasteiger partial charge in [0.2, 0.25) is 0 Å². The zero-order valence-corrected chi connectivity index (χ0v) is 20.4. The Kier molecular flexibility index (Phi) is 7.62. The van der Waals surface area contributed by atoms with Gasteiger partial charge in [0.15, 0.2) is 5.78 Å². The summed E-state index contributed by atoms with van der Waals surface area (Å²) in [7, 11) is 9.26. The summed E-state index contributed by atoms with van der Waals surface area (Å²) in [6, 6.07) is 4.98. The number of hydrogen-bond donors (Lipinski definition) is 3. The van der Waals surface area contributed by atoms with Crippen molar-refractivity contribution in [2.24, 2.45) is 21.1 Å². The highest BCUT2D eigenvalue weighted by Crippen LogP contribution is 2.18. The van der Waals surface area contributed by atoms with Crippen molar-refractivity contribution in [3.63, 3.8) is 0 Å². The number of carbonyl (C=O) groups is 3. The van der Waals surface area contributed by atoms with Crippen LogP contribution < -0.4 is 16.4 Å². The molecule has 10 nitrogen and oxygen atoms in total. The van der Waals surface area contributed by atoms with Crippen LogP contribution in [0.25, 0.3) is 0 Å². The molecular formula is C24H33N7O3. The van der Waals surface area contributed by atoms with E-state index in [1.807, 2.05) is 14.1 Å². The van der Waals surface area contributed by atoms with Gasteiger partial charge in [0, 0.05) is 52.7 Å². The van der Waals surface area contributed by atoms with Crippen molar-refractivity contribution < 1.29 is 14.4 Å². The van der Waals surface area contributed by atoms with Gasteiger partial charge in [-0.3, -0.25) is 14.4 Å². The monoisotopic (exact) mass is 467 g/mol. The fourth-order valence-electron chi connectivity index (χ4n) is 3.84. The molecule has 0 saturated heterocycles. The third-order valence-electron chi connectivity index (χ3n) is 5.53. The number of aryl methyl sites for hydroxylation is 3. The van der Waals surface area contributed by atoms with E-state index in [9.17, 15) is 14.4 Å². The Bertz CT molecular complexity index is 1200. The highest BCUT2D eigenvalue weighted by molar-refractivity contribution is 6.05. The Morgan fingerprint density at radius 3 is 2.18 bits per heavy atom. The molecule has 3 rings (SSSR count). The molecule has 0 atom stereocenters. The molecule has 0 aliphatic rings. The fourth-order valence-corrected chi connectivity index (χ4v) is 3.84. The van der Waals surface area contributed by atoms with Crippen LogP contribution in [0.2, 0.25) is 0 Å². The van der Waals surface area contributed by atoms with Crippen LogP contribution in [0, 0.1) is 0 Å². The molecule has 0 aliphatic carbocycles. The maximum absolute atomic E-state index is 13.0. The first-order valence-electron chi connectivity index (χ1n) is 11.1. The zero-order chi connectivity index (χ0) is 25.0. The molecule has 3 aromatic rings. The number of aromatic nitrogens is 3. The number of anilines is 2. The largest absolute Gasteiger partial charge is 0.397 e. The van der Waals surface area contributed by atoms with Crippen molar-refractivity contribution in [2.75, 3.05) is 38.2 Å². The SMILES string of the molecule is CN(C)CCCNC(=O)c1cc(CC(=O)c2cc(NC(=O)c3cc(N)cn3C)cn2C)cn1C. The lowest BCUT2D eigenvalue weighted by molar-refractivity contribution is 0.0941. The molecule has 182 valence electrons. The predicted octanol–water partition coefficient (Wildman–Crippen LogP) is 1.64. The van der Waals surface area contributed by atoms with E-state index in [0.29, 0.717) is 35.0 Å². The van der Waals surface area contributed by atoms with Crippen molar-refractivity contribution in [3.05, 3.63) is 59.4 Å². The number of Topliss-reactive ketones (excluding diaryl/α,β-unsaturated/α-hetero) is 1. The summed E-state index contributed by atoms with van der Waals surface area (Å²) in [5, 5.41) is 5.72. The standard InChI is InChI=1S/C24H33N7O3/c1-28(2)8-6-7-26-23(33)20-9-16(13-29(20)3)10-22(32)19-12-18(15-31(19)5)27-24(34)21-11-17(25)14-30(21)4/h9,11-15H,6-8,10,25H2,1-5H3,(H,26,33)(H,27,34). The van der Waals surface area contributed by atoms with Crippen LogP contribution >= 0.6 is 0 Å². The van der Waals surface area contributed by atoms with Gasteiger partial charge in [0.1, 0.15) is 11.4 Å². The van der Waals surface area contributed by atoms with Crippen LogP contribution in [0.5, 0.6) is 0 Å². The molecule has 0 spiro atoms. The van der Waals surface area contributed by atoms with E-state index >= 15 is 0 Å². The molecule has 4 N–H and O–H groups in total. The van der Waals surface area contributed by atoms with Crippen molar-refractivity contribution in [3.8, 4) is 0 Å². The number of carbonyl (C=O) groups excluding carboxylic acids is 3. The van der Waals surface area contributed by atoms with E-state index in [1.54, 1.807) is 71.6 Å². The summed E-state index contributed by atoms with van der Waals surface area (Å²) in [5.74, 6) is -0.590. The molecule has 2 amide bonds. The summed E-state index contributed by atoms with van der Waals surface area (Å²) >= 11 is 0. The lowest BCUT2D eigenvalue weighted by Gasteiger charge is -2.10. The minimum absolute atomic E-state index is 0.116. The Labute approximate surface area is 199 Å². The van der Waals surface area contributed by atoms with E-state index in [2.05, 4.69) is 15.5 Å². The molecular weight excluding hydrogens is 434 g/mol. The highest BCUT2D eigenvalue weighted by Gasteiger charge is 2.18. The molecule has 0 aliphatic heterocycles. The molecule has 0 aromatic carbocycles. The van der Waals surface area contributed by atoms with Gasteiger partial charge in [-0.25, -0.2) is 0 Å². The number of hydrogen-bond acceptors (Lipinski definition) is 5. The van der Waals surface area contributed by atoms with Crippen LogP contribution in [0.15, 0.2) is 36.8 Å². The Hall–Kier alpha value is -3.79. The molecule has 0 saturated carbocycles. The molecule has 10 heteroatoms. The molecule has 3 heterocycles. The van der Waals surface area contributed by atoms with Crippen molar-refractivity contribution in [1.29, 1.82) is 0 Å². The fraction of sp³-hybridized carbons (Fsp3) is 0.375. The molecule has 0 bridgehead atoms. The molecule has 0 unspecified atom stereocenters. The van der Waals surface area contributed by atoms with E-state index in [4.69, 9.17) is 5.73 Å². The van der Waals surface area contributed by atoms with Crippen LogP contribution in [-0.4, -0.2) is 63.4 Å². The van der Waals surface area contributed by atoms with Crippen molar-refractivity contribution in [1.82, 2.24) is 23.9 Å². The first-order chi connectivity index (χ1) is 16.0. The normalized spacial score (nSPS) is 11.1. The number of nitrogens with two attached hydrogens (primary N) is 1. The summed E-state index contributed by atoms with van der Waals surface area (Å²) < 4.78 is 5.05. The highest BCUT2D eigenvalue weighted by atomic mass is 16.2. The number of nitrogens with one attached hydrogen (secondary N) is 2. The summed E-state index contributed by atoms with van der Waals surface area (Å²) in [6.07, 6.45) is 6.14. The third kappa shape index (κ3) is 5.96. The van der Waals surface area contributed by atoms with Gasteiger partial charge < -0.3 is 35.0 Å². The van der Waals surface area contributed by atoms with E-state index in [-0.39, 0.29) is 24.0 Å². The minimum atomic E-state index is -0.312. The van der Waals surface area contributed by atoms with Gasteiger partial charge in [0.25, 0.3) is 11.8 Å². The van der Waals surface area contributed by atoms with E-state index < -0.39 is 0 Å². The second-order valence-corrected chi connectivity index (χ2v) is 8.81. The van der Waals surface area contributed by atoms with Crippen LogP contribution in [-0.2, 0) is 27.6 Å². The maximum atomic E-state index is 13.0. The third-order valence-corrected chi connectivity index (χ3v) is 5.53. The maximum Gasteiger partial charge on any atom is 0.272 e. The summed E-state index contributed by atoms with van der Waals surface area (Å²) in [5.41, 5.74) is 8.90. The van der Waals surface area contributed by atoms with Crippen molar-refractivity contribution >= 4 is 29.0 Å². The minimum Gasteiger partial charge on any atom is -0.397 e. The second-order valence-electron chi connectivity index (χ2n) is 8.81. The summed E-state index contributed by atoms with van der Waals surface area (Å²) in [4.78, 5) is 40.1. The zero-order valence-electron chi connectivity index (χ0n) is 20.4. The predicted molar refractivity (Wildman–Crippen MR) is 132 cm³/mol. The Balaban J connectivity index is 1.63. The number of amides is 2. The Morgan fingerprint density at radius 2 is 1.53 bits per heavy atom. The van der Waals surface area contributed by atoms with Gasteiger partial charge in [-0.05, 0) is 50.8 Å². The van der Waals surface area contributed by atoms with Gasteiger partial charge in [-0.2, -0.15) is 0 Å². The lowest BCUT2D eigenvalue weighted by atomic mass is 10.1. The smallest absolute Gasteiger partial charge is 0.272 e. The number of rotatable bonds is 10. The number of ketones is 1. The molecule has 34 heavy (non-hydrogen) atoms. The van der Waals surface area contributed by atoms with Gasteiger partial charge in [0.05, 0.1) is 17.1 Å². The van der Waals surface area contributed by atoms with Gasteiger partial charge in [-0.1, -0.05) is 0 Å². The van der Waals surface area contributed by atoms with Gasteiger partial charge in [-0.15, -0.1) is 0 Å². The quantitative estimate of drug-likeness (QED) is 0.309. The average Bonchev–Trinajstić information content (AvgIpc) is 3.41. The summed E-state index contributed by atoms with van der Waals surface area (Å²) in [6.45, 7) is 1.48. The molecule has 0 fully saturated rings. The molecule has 0 radical (unpaired) electrons. The Morgan fingerprint density at radius 1 is 0.882 bits per heavy atom. The lowest BCUT2D eigenvalue weighted by Crippen LogP contribution is -2.28. The first kappa shape index (κ1) is 24.8. The van der Waals surface area contributed by atoms with Crippen LogP contribution in [0.3, 0.4) is 0 Å². The van der Waals surface area contributed by atoms with Crippen molar-refractivity contribution in [2.45, 2.75) is 12.8 Å². The van der Waals surface area contributed by atoms with E-state index in [0.717, 1.165) is 18.5 Å². The molecule has 3 aromatic heterocycles. The van der Waals surface area contributed by atoms with Gasteiger partial charge >= 0.3 is 0 Å².